The minimum absolute atomic E-state index is 0.0347. The lowest BCUT2D eigenvalue weighted by Gasteiger charge is -2.19. The van der Waals surface area contributed by atoms with Crippen molar-refractivity contribution in [3.05, 3.63) is 58.0 Å². The number of hydrogen-bond acceptors (Lipinski definition) is 2. The molecule has 1 aliphatic rings. The molecular weight excluding hydrogens is 390 g/mol. The molecule has 0 fully saturated rings. The van der Waals surface area contributed by atoms with E-state index in [2.05, 4.69) is 25.9 Å². The molecule has 124 valence electrons. The third kappa shape index (κ3) is 2.31. The van der Waals surface area contributed by atoms with Crippen molar-refractivity contribution >= 4 is 27.1 Å². The van der Waals surface area contributed by atoms with E-state index in [1.807, 2.05) is 0 Å². The molecule has 1 aliphatic heterocycles. The van der Waals surface area contributed by atoms with Crippen molar-refractivity contribution in [3.8, 4) is 0 Å². The Morgan fingerprint density at radius 1 is 1.08 bits per heavy atom. The van der Waals surface area contributed by atoms with Crippen LogP contribution in [0.15, 0.2) is 41.0 Å². The molecule has 3 aromatic rings. The van der Waals surface area contributed by atoms with E-state index in [-0.39, 0.29) is 17.8 Å². The quantitative estimate of drug-likeness (QED) is 0.415. The van der Waals surface area contributed by atoms with Gasteiger partial charge < -0.3 is 4.57 Å². The standard InChI is InChI=1S/C16H10BrF4N3/c17-13-6-5-11-15(23-13)24-12(7-10(18)14(24)22-11)8-3-1-2-4-9(8)16(19,20)21/h1-6,10,12H,7H2. The fourth-order valence-corrected chi connectivity index (χ4v) is 3.52. The molecule has 0 saturated carbocycles. The zero-order chi connectivity index (χ0) is 17.1. The Balaban J connectivity index is 1.96. The highest BCUT2D eigenvalue weighted by molar-refractivity contribution is 9.10. The molecule has 3 nitrogen and oxygen atoms in total. The van der Waals surface area contributed by atoms with Crippen LogP contribution in [0, 0.1) is 0 Å². The van der Waals surface area contributed by atoms with Gasteiger partial charge in [-0.05, 0) is 39.7 Å². The number of pyridine rings is 1. The van der Waals surface area contributed by atoms with Crippen molar-refractivity contribution < 1.29 is 17.6 Å². The van der Waals surface area contributed by atoms with Crippen molar-refractivity contribution in [1.82, 2.24) is 14.5 Å². The second kappa shape index (κ2) is 5.27. The second-order valence-corrected chi connectivity index (χ2v) is 6.43. The average Bonchev–Trinajstić information content (AvgIpc) is 3.04. The van der Waals surface area contributed by atoms with Gasteiger partial charge in [0.1, 0.15) is 15.9 Å². The van der Waals surface area contributed by atoms with Gasteiger partial charge >= 0.3 is 6.18 Å². The van der Waals surface area contributed by atoms with Crippen LogP contribution in [-0.4, -0.2) is 14.5 Å². The first kappa shape index (κ1) is 15.6. The predicted octanol–water partition coefficient (Wildman–Crippen LogP) is 5.22. The van der Waals surface area contributed by atoms with Crippen molar-refractivity contribution in [1.29, 1.82) is 0 Å². The zero-order valence-corrected chi connectivity index (χ0v) is 13.6. The highest BCUT2D eigenvalue weighted by Gasteiger charge is 2.41. The summed E-state index contributed by atoms with van der Waals surface area (Å²) in [5.41, 5.74) is 0.117. The first-order valence-corrected chi connectivity index (χ1v) is 8.00. The summed E-state index contributed by atoms with van der Waals surface area (Å²) in [6.07, 6.45) is -6.01. The highest BCUT2D eigenvalue weighted by atomic mass is 79.9. The van der Waals surface area contributed by atoms with E-state index in [1.54, 1.807) is 12.1 Å². The molecule has 4 rings (SSSR count). The molecule has 0 saturated heterocycles. The number of imidazole rings is 1. The van der Waals surface area contributed by atoms with Crippen LogP contribution in [0.5, 0.6) is 0 Å². The molecule has 1 aromatic carbocycles. The minimum atomic E-state index is -4.50. The number of halogens is 5. The lowest BCUT2D eigenvalue weighted by Crippen LogP contribution is -2.15. The smallest absolute Gasteiger partial charge is 0.302 e. The Kier molecular flexibility index (Phi) is 3.42. The Morgan fingerprint density at radius 2 is 1.83 bits per heavy atom. The van der Waals surface area contributed by atoms with Crippen molar-refractivity contribution in [2.24, 2.45) is 0 Å². The van der Waals surface area contributed by atoms with Crippen molar-refractivity contribution in [2.45, 2.75) is 24.8 Å². The van der Waals surface area contributed by atoms with Crippen molar-refractivity contribution in [3.63, 3.8) is 0 Å². The molecule has 2 aromatic heterocycles. The van der Waals surface area contributed by atoms with Gasteiger partial charge in [0.2, 0.25) is 0 Å². The zero-order valence-electron chi connectivity index (χ0n) is 12.1. The highest BCUT2D eigenvalue weighted by Crippen LogP contribution is 2.46. The molecule has 0 bridgehead atoms. The fourth-order valence-electron chi connectivity index (χ4n) is 3.22. The Bertz CT molecular complexity index is 935. The summed E-state index contributed by atoms with van der Waals surface area (Å²) >= 11 is 3.24. The van der Waals surface area contributed by atoms with Crippen LogP contribution in [0.25, 0.3) is 11.2 Å². The summed E-state index contributed by atoms with van der Waals surface area (Å²) < 4.78 is 56.4. The summed E-state index contributed by atoms with van der Waals surface area (Å²) in [5.74, 6) is 0.123. The van der Waals surface area contributed by atoms with Gasteiger partial charge in [0.25, 0.3) is 0 Å². The van der Waals surface area contributed by atoms with E-state index in [9.17, 15) is 17.6 Å². The number of rotatable bonds is 1. The molecule has 24 heavy (non-hydrogen) atoms. The van der Waals surface area contributed by atoms with Gasteiger partial charge in [-0.1, -0.05) is 18.2 Å². The van der Waals surface area contributed by atoms with Crippen LogP contribution in [0.4, 0.5) is 17.6 Å². The first-order valence-electron chi connectivity index (χ1n) is 7.21. The maximum absolute atomic E-state index is 14.4. The van der Waals surface area contributed by atoms with E-state index in [1.165, 1.54) is 22.8 Å². The molecule has 3 heterocycles. The van der Waals surface area contributed by atoms with E-state index in [0.29, 0.717) is 15.8 Å². The summed E-state index contributed by atoms with van der Waals surface area (Å²) in [5, 5.41) is 0. The number of nitrogens with zero attached hydrogens (tertiary/aromatic N) is 3. The number of aromatic nitrogens is 3. The molecule has 0 spiro atoms. The molecular formula is C16H10BrF4N3. The summed E-state index contributed by atoms with van der Waals surface area (Å²) in [4.78, 5) is 8.48. The van der Waals surface area contributed by atoms with Gasteiger partial charge in [0.05, 0.1) is 11.6 Å². The lowest BCUT2D eigenvalue weighted by atomic mass is 9.98. The van der Waals surface area contributed by atoms with Crippen LogP contribution >= 0.6 is 15.9 Å². The van der Waals surface area contributed by atoms with Crippen LogP contribution < -0.4 is 0 Å². The van der Waals surface area contributed by atoms with Crippen LogP contribution in [-0.2, 0) is 6.18 Å². The lowest BCUT2D eigenvalue weighted by molar-refractivity contribution is -0.138. The van der Waals surface area contributed by atoms with Gasteiger partial charge in [-0.2, -0.15) is 13.2 Å². The van der Waals surface area contributed by atoms with Gasteiger partial charge in [-0.15, -0.1) is 0 Å². The monoisotopic (exact) mass is 399 g/mol. The SMILES string of the molecule is FC1CC(c2ccccc2C(F)(F)F)n2c1nc1ccc(Br)nc12. The number of benzene rings is 1. The number of alkyl halides is 4. The van der Waals surface area contributed by atoms with Crippen LogP contribution in [0.3, 0.4) is 0 Å². The van der Waals surface area contributed by atoms with E-state index < -0.39 is 24.0 Å². The molecule has 2 atom stereocenters. The van der Waals surface area contributed by atoms with Crippen molar-refractivity contribution in [2.75, 3.05) is 0 Å². The predicted molar refractivity (Wildman–Crippen MR) is 83.3 cm³/mol. The van der Waals surface area contributed by atoms with Gasteiger partial charge in [-0.25, -0.2) is 14.4 Å². The third-order valence-electron chi connectivity index (χ3n) is 4.18. The maximum Gasteiger partial charge on any atom is 0.416 e. The average molecular weight is 400 g/mol. The van der Waals surface area contributed by atoms with E-state index in [4.69, 9.17) is 0 Å². The fraction of sp³-hybridized carbons (Fsp3) is 0.250. The minimum Gasteiger partial charge on any atom is -0.302 e. The van der Waals surface area contributed by atoms with Gasteiger partial charge in [-0.3, -0.25) is 0 Å². The van der Waals surface area contributed by atoms with Crippen LogP contribution in [0.1, 0.15) is 35.6 Å². The Morgan fingerprint density at radius 3 is 2.58 bits per heavy atom. The van der Waals surface area contributed by atoms with Gasteiger partial charge in [0.15, 0.2) is 11.8 Å². The van der Waals surface area contributed by atoms with Gasteiger partial charge in [0, 0.05) is 6.42 Å². The topological polar surface area (TPSA) is 30.7 Å². The van der Waals surface area contributed by atoms with Crippen LogP contribution in [0.2, 0.25) is 0 Å². The third-order valence-corrected chi connectivity index (χ3v) is 4.62. The van der Waals surface area contributed by atoms with E-state index >= 15 is 0 Å². The van der Waals surface area contributed by atoms with E-state index in [0.717, 1.165) is 6.07 Å². The summed E-state index contributed by atoms with van der Waals surface area (Å²) in [6, 6.07) is 7.80. The number of fused-ring (bicyclic) bond motifs is 3. The first-order chi connectivity index (χ1) is 11.4. The Hall–Kier alpha value is -1.96. The summed E-state index contributed by atoms with van der Waals surface area (Å²) in [7, 11) is 0. The molecule has 0 aliphatic carbocycles. The Labute approximate surface area is 142 Å². The number of hydrogen-bond donors (Lipinski definition) is 0. The largest absolute Gasteiger partial charge is 0.416 e. The molecule has 2 unspecified atom stereocenters. The molecule has 8 heteroatoms. The molecule has 0 radical (unpaired) electrons. The maximum atomic E-state index is 14.4. The second-order valence-electron chi connectivity index (χ2n) is 5.62. The molecule has 0 N–H and O–H groups in total. The molecule has 0 amide bonds. The normalized spacial score (nSPS) is 20.5. The summed E-state index contributed by atoms with van der Waals surface area (Å²) in [6.45, 7) is 0.